The zero-order valence-corrected chi connectivity index (χ0v) is 9.11. The van der Waals surface area contributed by atoms with E-state index >= 15 is 0 Å². The molecule has 5 nitrogen and oxygen atoms in total. The third-order valence-electron chi connectivity index (χ3n) is 2.68. The average Bonchev–Trinajstić information content (AvgIpc) is 2.95. The van der Waals surface area contributed by atoms with Gasteiger partial charge in [-0.15, -0.1) is 0 Å². The van der Waals surface area contributed by atoms with Gasteiger partial charge in [-0.25, -0.2) is 0 Å². The first kappa shape index (κ1) is 12.0. The van der Waals surface area contributed by atoms with E-state index in [4.69, 9.17) is 11.5 Å². The molecule has 0 heterocycles. The summed E-state index contributed by atoms with van der Waals surface area (Å²) in [5.41, 5.74) is 10.5. The molecular weight excluding hydrogens is 194 g/mol. The van der Waals surface area contributed by atoms with E-state index in [1.165, 1.54) is 12.8 Å². The fourth-order valence-corrected chi connectivity index (χ4v) is 1.48. The zero-order valence-electron chi connectivity index (χ0n) is 9.11. The Labute approximate surface area is 89.8 Å². The van der Waals surface area contributed by atoms with E-state index in [1.807, 2.05) is 0 Å². The van der Waals surface area contributed by atoms with Crippen molar-refractivity contribution in [1.82, 2.24) is 4.90 Å². The maximum atomic E-state index is 11.6. The van der Waals surface area contributed by atoms with Crippen molar-refractivity contribution in [2.75, 3.05) is 13.6 Å². The van der Waals surface area contributed by atoms with Crippen LogP contribution in [0.5, 0.6) is 0 Å². The van der Waals surface area contributed by atoms with Gasteiger partial charge in [0.1, 0.15) is 0 Å². The highest BCUT2D eigenvalue weighted by molar-refractivity contribution is 5.87. The van der Waals surface area contributed by atoms with Crippen LogP contribution in [0, 0.1) is 5.92 Å². The van der Waals surface area contributed by atoms with E-state index in [1.54, 1.807) is 11.9 Å². The maximum absolute atomic E-state index is 11.6. The molecule has 1 atom stereocenters. The number of carbonyl (C=O) groups is 2. The summed E-state index contributed by atoms with van der Waals surface area (Å²) in [5, 5.41) is 0. The van der Waals surface area contributed by atoms with Crippen molar-refractivity contribution in [2.24, 2.45) is 17.4 Å². The van der Waals surface area contributed by atoms with E-state index in [0.717, 1.165) is 18.9 Å². The maximum Gasteiger partial charge on any atom is 0.239 e. The average molecular weight is 213 g/mol. The minimum atomic E-state index is -0.785. The molecule has 1 saturated carbocycles. The first-order chi connectivity index (χ1) is 7.00. The smallest absolute Gasteiger partial charge is 0.239 e. The largest absolute Gasteiger partial charge is 0.370 e. The van der Waals surface area contributed by atoms with Crippen LogP contribution in [0.4, 0.5) is 0 Å². The van der Waals surface area contributed by atoms with Crippen molar-refractivity contribution < 1.29 is 9.59 Å². The molecule has 5 heteroatoms. The van der Waals surface area contributed by atoms with Crippen molar-refractivity contribution in [3.8, 4) is 0 Å². The monoisotopic (exact) mass is 213 g/mol. The van der Waals surface area contributed by atoms with Gasteiger partial charge in [-0.1, -0.05) is 12.8 Å². The molecule has 0 aliphatic heterocycles. The van der Waals surface area contributed by atoms with Crippen LogP contribution in [0.1, 0.15) is 25.7 Å². The standard InChI is InChI=1S/C10H19N3O2/c1-13(5-4-7-2-3-7)10(15)8(11)6-9(12)14/h7-8H,2-6,11H2,1H3,(H2,12,14). The molecule has 4 N–H and O–H groups in total. The van der Waals surface area contributed by atoms with Gasteiger partial charge in [0.25, 0.3) is 0 Å². The Bertz CT molecular complexity index is 251. The molecule has 0 radical (unpaired) electrons. The van der Waals surface area contributed by atoms with Gasteiger partial charge in [0.15, 0.2) is 0 Å². The number of rotatable bonds is 6. The summed E-state index contributed by atoms with van der Waals surface area (Å²) in [7, 11) is 1.71. The van der Waals surface area contributed by atoms with Gasteiger partial charge in [0, 0.05) is 13.6 Å². The summed E-state index contributed by atoms with van der Waals surface area (Å²) in [6.45, 7) is 0.718. The number of nitrogens with two attached hydrogens (primary N) is 2. The SMILES string of the molecule is CN(CCC1CC1)C(=O)C(N)CC(N)=O. The minimum absolute atomic E-state index is 0.0768. The third-order valence-corrected chi connectivity index (χ3v) is 2.68. The summed E-state index contributed by atoms with van der Waals surface area (Å²) < 4.78 is 0. The van der Waals surface area contributed by atoms with E-state index in [-0.39, 0.29) is 12.3 Å². The van der Waals surface area contributed by atoms with E-state index < -0.39 is 11.9 Å². The van der Waals surface area contributed by atoms with Crippen LogP contribution in [0.2, 0.25) is 0 Å². The molecule has 0 bridgehead atoms. The highest BCUT2D eigenvalue weighted by atomic mass is 16.2. The van der Waals surface area contributed by atoms with Crippen LogP contribution >= 0.6 is 0 Å². The van der Waals surface area contributed by atoms with Crippen molar-refractivity contribution >= 4 is 11.8 Å². The second-order valence-electron chi connectivity index (χ2n) is 4.27. The lowest BCUT2D eigenvalue weighted by Crippen LogP contribution is -2.44. The van der Waals surface area contributed by atoms with Gasteiger partial charge in [0.2, 0.25) is 11.8 Å². The zero-order chi connectivity index (χ0) is 11.4. The van der Waals surface area contributed by atoms with Gasteiger partial charge in [-0.2, -0.15) is 0 Å². The molecule has 1 aliphatic carbocycles. The number of carbonyl (C=O) groups excluding carboxylic acids is 2. The van der Waals surface area contributed by atoms with Crippen molar-refractivity contribution in [3.63, 3.8) is 0 Å². The first-order valence-corrected chi connectivity index (χ1v) is 5.29. The number of nitrogens with zero attached hydrogens (tertiary/aromatic N) is 1. The Morgan fingerprint density at radius 2 is 2.07 bits per heavy atom. The Balaban J connectivity index is 2.26. The number of hydrogen-bond donors (Lipinski definition) is 2. The van der Waals surface area contributed by atoms with E-state index in [0.29, 0.717) is 0 Å². The minimum Gasteiger partial charge on any atom is -0.370 e. The Kier molecular flexibility index (Phi) is 4.08. The molecule has 0 aromatic rings. The van der Waals surface area contributed by atoms with Gasteiger partial charge in [-0.05, 0) is 12.3 Å². The highest BCUT2D eigenvalue weighted by Gasteiger charge is 2.24. The normalized spacial score (nSPS) is 17.2. The molecule has 0 aromatic heterocycles. The van der Waals surface area contributed by atoms with Crippen LogP contribution in [0.25, 0.3) is 0 Å². The van der Waals surface area contributed by atoms with Crippen LogP contribution in [-0.4, -0.2) is 36.3 Å². The lowest BCUT2D eigenvalue weighted by molar-refractivity contribution is -0.133. The molecule has 1 unspecified atom stereocenters. The van der Waals surface area contributed by atoms with Gasteiger partial charge >= 0.3 is 0 Å². The van der Waals surface area contributed by atoms with Crippen LogP contribution in [0.3, 0.4) is 0 Å². The number of primary amides is 1. The summed E-state index contributed by atoms with van der Waals surface area (Å²) in [6, 6.07) is -0.785. The Hall–Kier alpha value is -1.10. The van der Waals surface area contributed by atoms with E-state index in [2.05, 4.69) is 0 Å². The van der Waals surface area contributed by atoms with Crippen LogP contribution in [0.15, 0.2) is 0 Å². The first-order valence-electron chi connectivity index (χ1n) is 5.29. The van der Waals surface area contributed by atoms with Crippen LogP contribution < -0.4 is 11.5 Å². The molecule has 15 heavy (non-hydrogen) atoms. The summed E-state index contributed by atoms with van der Waals surface area (Å²) >= 11 is 0. The number of likely N-dealkylation sites (N-methyl/N-ethyl adjacent to an activating group) is 1. The molecule has 0 aromatic carbocycles. The topological polar surface area (TPSA) is 89.4 Å². The molecule has 2 amide bonds. The highest BCUT2D eigenvalue weighted by Crippen LogP contribution is 2.32. The number of amides is 2. The predicted octanol–water partition coefficient (Wildman–Crippen LogP) is -0.552. The van der Waals surface area contributed by atoms with Crippen LogP contribution in [-0.2, 0) is 9.59 Å². The lowest BCUT2D eigenvalue weighted by Gasteiger charge is -2.20. The Morgan fingerprint density at radius 3 is 2.53 bits per heavy atom. The fraction of sp³-hybridized carbons (Fsp3) is 0.800. The second kappa shape index (κ2) is 5.11. The molecule has 1 aliphatic rings. The van der Waals surface area contributed by atoms with Crippen molar-refractivity contribution in [1.29, 1.82) is 0 Å². The fourth-order valence-electron chi connectivity index (χ4n) is 1.48. The van der Waals surface area contributed by atoms with Crippen molar-refractivity contribution in [3.05, 3.63) is 0 Å². The molecule has 86 valence electrons. The van der Waals surface area contributed by atoms with Crippen molar-refractivity contribution in [2.45, 2.75) is 31.7 Å². The predicted molar refractivity (Wildman–Crippen MR) is 56.8 cm³/mol. The lowest BCUT2D eigenvalue weighted by atomic mass is 10.2. The quantitative estimate of drug-likeness (QED) is 0.620. The summed E-state index contributed by atoms with van der Waals surface area (Å²) in [6.07, 6.45) is 3.50. The summed E-state index contributed by atoms with van der Waals surface area (Å²) in [4.78, 5) is 23.8. The molecule has 0 saturated heterocycles. The van der Waals surface area contributed by atoms with E-state index in [9.17, 15) is 9.59 Å². The Morgan fingerprint density at radius 1 is 1.47 bits per heavy atom. The molecule has 1 fully saturated rings. The van der Waals surface area contributed by atoms with Gasteiger partial charge in [-0.3, -0.25) is 9.59 Å². The molecule has 1 rings (SSSR count). The van der Waals surface area contributed by atoms with Gasteiger partial charge in [0.05, 0.1) is 12.5 Å². The second-order valence-corrected chi connectivity index (χ2v) is 4.27. The number of hydrogen-bond acceptors (Lipinski definition) is 3. The third kappa shape index (κ3) is 4.29. The molecular formula is C10H19N3O2. The van der Waals surface area contributed by atoms with Gasteiger partial charge < -0.3 is 16.4 Å². The summed E-state index contributed by atoms with van der Waals surface area (Å²) in [5.74, 6) is 0.0495. The molecule has 0 spiro atoms.